The maximum atomic E-state index is 14.1. The van der Waals surface area contributed by atoms with Crippen molar-refractivity contribution in [3.8, 4) is 10.6 Å². The number of allylic oxidation sites excluding steroid dienone is 1. The third-order valence-electron chi connectivity index (χ3n) is 3.21. The van der Waals surface area contributed by atoms with E-state index in [4.69, 9.17) is 0 Å². The zero-order chi connectivity index (χ0) is 17.7. The van der Waals surface area contributed by atoms with Gasteiger partial charge in [-0.2, -0.15) is 20.5 Å². The average molecular weight is 369 g/mol. The quantitative estimate of drug-likeness (QED) is 0.734. The third-order valence-corrected chi connectivity index (χ3v) is 5.06. The standard InChI is InChI=1S/C16H17F2N3OS2/c1-4-16(17,18)12-15(21-13(22)10(2)9-23-3)24-14(20-12)11-6-5-7-19-8-11/h4-8,10H,1,9H2,2-3H3,(H,21,22). The van der Waals surface area contributed by atoms with Crippen LogP contribution in [0.5, 0.6) is 0 Å². The summed E-state index contributed by atoms with van der Waals surface area (Å²) in [5.74, 6) is -3.34. The van der Waals surface area contributed by atoms with Crippen molar-refractivity contribution in [2.45, 2.75) is 12.8 Å². The van der Waals surface area contributed by atoms with E-state index in [-0.39, 0.29) is 16.8 Å². The lowest BCUT2D eigenvalue weighted by Gasteiger charge is -2.13. The van der Waals surface area contributed by atoms with E-state index in [0.29, 0.717) is 22.4 Å². The van der Waals surface area contributed by atoms with E-state index in [2.05, 4.69) is 21.9 Å². The number of thiazole rings is 1. The van der Waals surface area contributed by atoms with Crippen LogP contribution in [0.15, 0.2) is 37.2 Å². The number of nitrogens with zero attached hydrogens (tertiary/aromatic N) is 2. The summed E-state index contributed by atoms with van der Waals surface area (Å²) in [4.78, 5) is 20.2. The summed E-state index contributed by atoms with van der Waals surface area (Å²) in [6.45, 7) is 4.91. The lowest BCUT2D eigenvalue weighted by molar-refractivity contribution is -0.118. The minimum absolute atomic E-state index is 0.0386. The molecular formula is C16H17F2N3OS2. The predicted octanol–water partition coefficient (Wildman–Crippen LogP) is 4.42. The molecule has 8 heteroatoms. The van der Waals surface area contributed by atoms with Crippen LogP contribution in [-0.2, 0) is 10.7 Å². The minimum Gasteiger partial charge on any atom is -0.316 e. The van der Waals surface area contributed by atoms with Gasteiger partial charge >= 0.3 is 5.92 Å². The molecule has 2 aromatic rings. The minimum atomic E-state index is -3.33. The first kappa shape index (κ1) is 18.5. The maximum Gasteiger partial charge on any atom is 0.310 e. The van der Waals surface area contributed by atoms with Crippen LogP contribution in [0, 0.1) is 5.92 Å². The number of anilines is 1. The Hall–Kier alpha value is -1.80. The van der Waals surface area contributed by atoms with E-state index in [9.17, 15) is 13.6 Å². The van der Waals surface area contributed by atoms with Crippen molar-refractivity contribution in [1.82, 2.24) is 9.97 Å². The molecule has 1 amide bonds. The Morgan fingerprint density at radius 2 is 2.33 bits per heavy atom. The van der Waals surface area contributed by atoms with E-state index in [0.717, 1.165) is 11.3 Å². The van der Waals surface area contributed by atoms with Crippen LogP contribution in [0.3, 0.4) is 0 Å². The van der Waals surface area contributed by atoms with Crippen molar-refractivity contribution in [3.63, 3.8) is 0 Å². The molecule has 0 bridgehead atoms. The molecule has 2 heterocycles. The van der Waals surface area contributed by atoms with Crippen LogP contribution in [0.1, 0.15) is 12.6 Å². The Bertz CT molecular complexity index is 719. The Morgan fingerprint density at radius 1 is 1.58 bits per heavy atom. The summed E-state index contributed by atoms with van der Waals surface area (Å²) in [5, 5.41) is 2.99. The van der Waals surface area contributed by atoms with Gasteiger partial charge in [0.15, 0.2) is 0 Å². The second kappa shape index (κ2) is 7.85. The molecule has 4 nitrogen and oxygen atoms in total. The molecule has 2 rings (SSSR count). The van der Waals surface area contributed by atoms with Crippen molar-refractivity contribution < 1.29 is 13.6 Å². The first-order valence-corrected chi connectivity index (χ1v) is 9.33. The topological polar surface area (TPSA) is 54.9 Å². The Kier molecular flexibility index (Phi) is 6.06. The van der Waals surface area contributed by atoms with Crippen molar-refractivity contribution in [2.75, 3.05) is 17.3 Å². The van der Waals surface area contributed by atoms with E-state index in [1.807, 2.05) is 6.26 Å². The molecule has 0 aromatic carbocycles. The molecule has 0 radical (unpaired) electrons. The fourth-order valence-corrected chi connectivity index (χ4v) is 3.55. The summed E-state index contributed by atoms with van der Waals surface area (Å²) in [6, 6.07) is 3.42. The van der Waals surface area contributed by atoms with Crippen LogP contribution < -0.4 is 5.32 Å². The molecule has 0 spiro atoms. The molecule has 2 aromatic heterocycles. The van der Waals surface area contributed by atoms with Gasteiger partial charge in [0.05, 0.1) is 0 Å². The van der Waals surface area contributed by atoms with Gasteiger partial charge in [0.2, 0.25) is 5.91 Å². The molecule has 1 N–H and O–H groups in total. The molecule has 0 aliphatic rings. The SMILES string of the molecule is C=CC(F)(F)c1nc(-c2cccnc2)sc1NC(=O)C(C)CSC. The number of alkyl halides is 2. The molecule has 1 atom stereocenters. The Morgan fingerprint density at radius 3 is 2.92 bits per heavy atom. The van der Waals surface area contributed by atoms with Crippen molar-refractivity contribution >= 4 is 34.0 Å². The summed E-state index contributed by atoms with van der Waals surface area (Å²) in [5.41, 5.74) is 0.118. The number of hydrogen-bond acceptors (Lipinski definition) is 5. The number of amides is 1. The molecule has 0 saturated carbocycles. The van der Waals surface area contributed by atoms with E-state index in [1.54, 1.807) is 25.3 Å². The number of carbonyl (C=O) groups excluding carboxylic acids is 1. The van der Waals surface area contributed by atoms with Gasteiger partial charge in [-0.15, -0.1) is 0 Å². The summed E-state index contributed by atoms with van der Waals surface area (Å²) in [7, 11) is 0. The highest BCUT2D eigenvalue weighted by Gasteiger charge is 2.35. The first-order chi connectivity index (χ1) is 11.4. The van der Waals surface area contributed by atoms with Gasteiger partial charge in [0.25, 0.3) is 0 Å². The fraction of sp³-hybridized carbons (Fsp3) is 0.312. The zero-order valence-electron chi connectivity index (χ0n) is 13.3. The summed E-state index contributed by atoms with van der Waals surface area (Å²) >= 11 is 2.52. The smallest absolute Gasteiger partial charge is 0.310 e. The van der Waals surface area contributed by atoms with E-state index >= 15 is 0 Å². The second-order valence-corrected chi connectivity index (χ2v) is 7.02. The van der Waals surface area contributed by atoms with E-state index < -0.39 is 11.6 Å². The van der Waals surface area contributed by atoms with Gasteiger partial charge in [-0.25, -0.2) is 4.98 Å². The number of nitrogens with one attached hydrogen (secondary N) is 1. The molecule has 0 saturated heterocycles. The largest absolute Gasteiger partial charge is 0.316 e. The lowest BCUT2D eigenvalue weighted by atomic mass is 10.2. The fourth-order valence-electron chi connectivity index (χ4n) is 1.90. The number of hydrogen-bond donors (Lipinski definition) is 1. The average Bonchev–Trinajstić information content (AvgIpc) is 3.00. The highest BCUT2D eigenvalue weighted by Crippen LogP contribution is 2.40. The van der Waals surface area contributed by atoms with Crippen LogP contribution in [0.25, 0.3) is 10.6 Å². The maximum absolute atomic E-state index is 14.1. The molecular weight excluding hydrogens is 352 g/mol. The molecule has 24 heavy (non-hydrogen) atoms. The van der Waals surface area contributed by atoms with Crippen LogP contribution >= 0.6 is 23.1 Å². The number of thioether (sulfide) groups is 1. The number of aromatic nitrogens is 2. The molecule has 0 fully saturated rings. The highest BCUT2D eigenvalue weighted by molar-refractivity contribution is 7.98. The van der Waals surface area contributed by atoms with Crippen LogP contribution in [-0.4, -0.2) is 27.9 Å². The number of carbonyl (C=O) groups is 1. The molecule has 0 aliphatic carbocycles. The Labute approximate surface area is 147 Å². The van der Waals surface area contributed by atoms with Gasteiger partial charge in [-0.3, -0.25) is 9.78 Å². The van der Waals surface area contributed by atoms with Crippen molar-refractivity contribution in [2.24, 2.45) is 5.92 Å². The lowest BCUT2D eigenvalue weighted by Crippen LogP contribution is -2.23. The predicted molar refractivity (Wildman–Crippen MR) is 95.6 cm³/mol. The van der Waals surface area contributed by atoms with Gasteiger partial charge in [0, 0.05) is 29.6 Å². The second-order valence-electron chi connectivity index (χ2n) is 5.11. The molecule has 0 aliphatic heterocycles. The summed E-state index contributed by atoms with van der Waals surface area (Å²) in [6.07, 6.45) is 5.53. The van der Waals surface area contributed by atoms with Crippen molar-refractivity contribution in [1.29, 1.82) is 0 Å². The summed E-state index contributed by atoms with van der Waals surface area (Å²) < 4.78 is 28.3. The third kappa shape index (κ3) is 4.18. The number of pyridine rings is 1. The van der Waals surface area contributed by atoms with Crippen molar-refractivity contribution in [3.05, 3.63) is 42.9 Å². The first-order valence-electron chi connectivity index (χ1n) is 7.12. The van der Waals surface area contributed by atoms with Gasteiger partial charge in [-0.1, -0.05) is 24.8 Å². The molecule has 1 unspecified atom stereocenters. The van der Waals surface area contributed by atoms with E-state index in [1.165, 1.54) is 18.0 Å². The highest BCUT2D eigenvalue weighted by atomic mass is 32.2. The van der Waals surface area contributed by atoms with Gasteiger partial charge in [-0.05, 0) is 24.5 Å². The number of halogens is 2. The van der Waals surface area contributed by atoms with Crippen LogP contribution in [0.2, 0.25) is 0 Å². The monoisotopic (exact) mass is 369 g/mol. The Balaban J connectivity index is 2.40. The van der Waals surface area contributed by atoms with Crippen LogP contribution in [0.4, 0.5) is 13.8 Å². The molecule has 128 valence electrons. The normalized spacial score (nSPS) is 12.7. The number of rotatable bonds is 7. The van der Waals surface area contributed by atoms with Gasteiger partial charge in [0.1, 0.15) is 15.7 Å². The van der Waals surface area contributed by atoms with Gasteiger partial charge < -0.3 is 5.32 Å². The zero-order valence-corrected chi connectivity index (χ0v) is 14.9.